The maximum absolute atomic E-state index is 12.6. The number of ether oxygens (including phenoxy) is 1. The van der Waals surface area contributed by atoms with Crippen LogP contribution in [0, 0.1) is 0 Å². The van der Waals surface area contributed by atoms with Crippen molar-refractivity contribution >= 4 is 36.4 Å². The van der Waals surface area contributed by atoms with Crippen LogP contribution in [0.3, 0.4) is 0 Å². The van der Waals surface area contributed by atoms with Crippen LogP contribution < -0.4 is 15.4 Å². The Morgan fingerprint density at radius 1 is 1.21 bits per heavy atom. The SMILES string of the molecule is COc1ccccc1NCC(=O)N1CCC(c2nnc3n2CCNC3)CC1.Cl.Cl. The summed E-state index contributed by atoms with van der Waals surface area (Å²) in [4.78, 5) is 14.5. The van der Waals surface area contributed by atoms with Gasteiger partial charge in [0.1, 0.15) is 17.4 Å². The molecule has 2 aliphatic rings. The Hall–Kier alpha value is -2.03. The lowest BCUT2D eigenvalue weighted by atomic mass is 9.95. The van der Waals surface area contributed by atoms with Crippen LogP contribution in [0.25, 0.3) is 0 Å². The van der Waals surface area contributed by atoms with E-state index in [0.717, 1.165) is 68.7 Å². The quantitative estimate of drug-likeness (QED) is 0.736. The molecule has 1 fully saturated rings. The average Bonchev–Trinajstić information content (AvgIpc) is 3.16. The number of nitrogens with zero attached hydrogens (tertiary/aromatic N) is 4. The van der Waals surface area contributed by atoms with E-state index in [1.807, 2.05) is 29.2 Å². The molecule has 0 atom stereocenters. The van der Waals surface area contributed by atoms with Crippen LogP contribution in [-0.4, -0.2) is 58.9 Å². The number of hydrogen-bond donors (Lipinski definition) is 2. The summed E-state index contributed by atoms with van der Waals surface area (Å²) in [5.41, 5.74) is 0.840. The molecular formula is C19H28Cl2N6O2. The first-order valence-electron chi connectivity index (χ1n) is 9.53. The second kappa shape index (κ2) is 10.7. The first-order chi connectivity index (χ1) is 13.3. The van der Waals surface area contributed by atoms with E-state index < -0.39 is 0 Å². The third-order valence-electron chi connectivity index (χ3n) is 5.40. The topological polar surface area (TPSA) is 84.3 Å². The van der Waals surface area contributed by atoms with Crippen molar-refractivity contribution < 1.29 is 9.53 Å². The van der Waals surface area contributed by atoms with E-state index in [4.69, 9.17) is 4.74 Å². The number of likely N-dealkylation sites (tertiary alicyclic amines) is 1. The Kier molecular flexibility index (Phi) is 8.55. The summed E-state index contributed by atoms with van der Waals surface area (Å²) in [6.45, 7) is 4.48. The highest BCUT2D eigenvalue weighted by molar-refractivity contribution is 5.85. The minimum atomic E-state index is 0. The van der Waals surface area contributed by atoms with Crippen LogP contribution in [0.1, 0.15) is 30.4 Å². The smallest absolute Gasteiger partial charge is 0.241 e. The highest BCUT2D eigenvalue weighted by atomic mass is 35.5. The zero-order valence-electron chi connectivity index (χ0n) is 16.5. The predicted molar refractivity (Wildman–Crippen MR) is 116 cm³/mol. The number of carbonyl (C=O) groups is 1. The van der Waals surface area contributed by atoms with Gasteiger partial charge in [-0.1, -0.05) is 12.1 Å². The zero-order valence-corrected chi connectivity index (χ0v) is 18.1. The molecule has 0 saturated carbocycles. The van der Waals surface area contributed by atoms with Gasteiger partial charge >= 0.3 is 0 Å². The second-order valence-corrected chi connectivity index (χ2v) is 7.01. The molecule has 4 rings (SSSR count). The van der Waals surface area contributed by atoms with Gasteiger partial charge in [0.2, 0.25) is 5.91 Å². The van der Waals surface area contributed by atoms with Crippen molar-refractivity contribution in [3.05, 3.63) is 35.9 Å². The van der Waals surface area contributed by atoms with E-state index in [2.05, 4.69) is 25.4 Å². The summed E-state index contributed by atoms with van der Waals surface area (Å²) in [6.07, 6.45) is 1.87. The molecule has 1 aromatic heterocycles. The van der Waals surface area contributed by atoms with Gasteiger partial charge in [0.25, 0.3) is 0 Å². The highest BCUT2D eigenvalue weighted by Gasteiger charge is 2.28. The van der Waals surface area contributed by atoms with Gasteiger partial charge in [-0.15, -0.1) is 35.0 Å². The van der Waals surface area contributed by atoms with Gasteiger partial charge in [-0.2, -0.15) is 0 Å². The average molecular weight is 443 g/mol. The van der Waals surface area contributed by atoms with Crippen molar-refractivity contribution in [2.24, 2.45) is 0 Å². The molecule has 29 heavy (non-hydrogen) atoms. The van der Waals surface area contributed by atoms with Crippen molar-refractivity contribution in [2.75, 3.05) is 38.6 Å². The number of piperidine rings is 1. The third kappa shape index (κ3) is 5.12. The largest absolute Gasteiger partial charge is 0.495 e. The highest BCUT2D eigenvalue weighted by Crippen LogP contribution is 2.28. The molecule has 0 radical (unpaired) electrons. The molecule has 0 spiro atoms. The van der Waals surface area contributed by atoms with Gasteiger partial charge in [-0.05, 0) is 25.0 Å². The second-order valence-electron chi connectivity index (χ2n) is 7.01. The number of carbonyl (C=O) groups excluding carboxylic acids is 1. The number of rotatable bonds is 5. The molecule has 1 saturated heterocycles. The molecule has 10 heteroatoms. The maximum Gasteiger partial charge on any atom is 0.241 e. The molecule has 8 nitrogen and oxygen atoms in total. The molecule has 2 aliphatic heterocycles. The van der Waals surface area contributed by atoms with Crippen LogP contribution in [-0.2, 0) is 17.9 Å². The summed E-state index contributed by atoms with van der Waals surface area (Å²) in [5, 5.41) is 15.3. The molecule has 0 unspecified atom stereocenters. The normalized spacial score (nSPS) is 16.2. The standard InChI is InChI=1S/C19H26N6O2.2ClH/c1-27-16-5-3-2-4-15(16)21-13-18(26)24-9-6-14(7-10-24)19-23-22-17-12-20-8-11-25(17)19;;/h2-5,14,20-21H,6-13H2,1H3;2*1H. The van der Waals surface area contributed by atoms with Crippen molar-refractivity contribution in [3.63, 3.8) is 0 Å². The number of fused-ring (bicyclic) bond motifs is 1. The lowest BCUT2D eigenvalue weighted by Gasteiger charge is -2.32. The minimum absolute atomic E-state index is 0. The lowest BCUT2D eigenvalue weighted by Crippen LogP contribution is -2.41. The van der Waals surface area contributed by atoms with E-state index in [0.29, 0.717) is 5.92 Å². The number of hydrogen-bond acceptors (Lipinski definition) is 6. The van der Waals surface area contributed by atoms with E-state index in [-0.39, 0.29) is 37.3 Å². The van der Waals surface area contributed by atoms with E-state index in [1.54, 1.807) is 7.11 Å². The molecule has 160 valence electrons. The van der Waals surface area contributed by atoms with Gasteiger partial charge in [-0.3, -0.25) is 4.79 Å². The van der Waals surface area contributed by atoms with Crippen LogP contribution in [0.5, 0.6) is 5.75 Å². The number of anilines is 1. The first kappa shape index (κ1) is 23.3. The van der Waals surface area contributed by atoms with Crippen LogP contribution in [0.15, 0.2) is 24.3 Å². The molecule has 0 aliphatic carbocycles. The fraction of sp³-hybridized carbons (Fsp3) is 0.526. The van der Waals surface area contributed by atoms with E-state index in [9.17, 15) is 4.79 Å². The van der Waals surface area contributed by atoms with Crippen LogP contribution >= 0.6 is 24.8 Å². The minimum Gasteiger partial charge on any atom is -0.495 e. The summed E-state index contributed by atoms with van der Waals surface area (Å²) < 4.78 is 7.57. The summed E-state index contributed by atoms with van der Waals surface area (Å²) in [7, 11) is 1.63. The Balaban J connectivity index is 0.00000150. The van der Waals surface area contributed by atoms with E-state index >= 15 is 0 Å². The summed E-state index contributed by atoms with van der Waals surface area (Å²) in [6, 6.07) is 7.64. The van der Waals surface area contributed by atoms with Crippen molar-refractivity contribution in [1.82, 2.24) is 25.0 Å². The van der Waals surface area contributed by atoms with Gasteiger partial charge in [-0.25, -0.2) is 0 Å². The van der Waals surface area contributed by atoms with Crippen molar-refractivity contribution in [1.29, 1.82) is 0 Å². The number of aromatic nitrogens is 3. The van der Waals surface area contributed by atoms with Gasteiger partial charge < -0.3 is 24.8 Å². The monoisotopic (exact) mass is 442 g/mol. The molecule has 1 aromatic carbocycles. The van der Waals surface area contributed by atoms with Crippen LogP contribution in [0.4, 0.5) is 5.69 Å². The van der Waals surface area contributed by atoms with Gasteiger partial charge in [0.15, 0.2) is 0 Å². The fourth-order valence-corrected chi connectivity index (χ4v) is 3.88. The number of halogens is 2. The Labute approximate surface area is 183 Å². The molecule has 3 heterocycles. The van der Waals surface area contributed by atoms with Crippen molar-refractivity contribution in [2.45, 2.75) is 31.8 Å². The lowest BCUT2D eigenvalue weighted by molar-refractivity contribution is -0.130. The maximum atomic E-state index is 12.6. The van der Waals surface area contributed by atoms with E-state index in [1.165, 1.54) is 0 Å². The summed E-state index contributed by atoms with van der Waals surface area (Å²) in [5.74, 6) is 3.36. The fourth-order valence-electron chi connectivity index (χ4n) is 3.88. The van der Waals surface area contributed by atoms with Gasteiger partial charge in [0.05, 0.1) is 25.9 Å². The Bertz CT molecular complexity index is 808. The Morgan fingerprint density at radius 3 is 2.72 bits per heavy atom. The zero-order chi connectivity index (χ0) is 18.6. The van der Waals surface area contributed by atoms with Gasteiger partial charge in [0, 0.05) is 32.1 Å². The first-order valence-corrected chi connectivity index (χ1v) is 9.53. The van der Waals surface area contributed by atoms with Crippen molar-refractivity contribution in [3.8, 4) is 5.75 Å². The summed E-state index contributed by atoms with van der Waals surface area (Å²) >= 11 is 0. The number of benzene rings is 1. The number of nitrogens with one attached hydrogen (secondary N) is 2. The molecule has 0 bridgehead atoms. The molecule has 2 aromatic rings. The molecular weight excluding hydrogens is 415 g/mol. The molecule has 2 N–H and O–H groups in total. The number of amides is 1. The number of methoxy groups -OCH3 is 1. The third-order valence-corrected chi connectivity index (χ3v) is 5.40. The van der Waals surface area contributed by atoms with Crippen LogP contribution in [0.2, 0.25) is 0 Å². The number of para-hydroxylation sites is 2. The Morgan fingerprint density at radius 2 is 1.97 bits per heavy atom. The molecule has 1 amide bonds. The predicted octanol–water partition coefficient (Wildman–Crippen LogP) is 2.05.